The first-order valence-corrected chi connectivity index (χ1v) is 12.6. The van der Waals surface area contributed by atoms with E-state index in [0.29, 0.717) is 22.9 Å². The first-order chi connectivity index (χ1) is 16.6. The summed E-state index contributed by atoms with van der Waals surface area (Å²) in [5.74, 6) is 1.40. The van der Waals surface area contributed by atoms with Gasteiger partial charge in [0, 0.05) is 5.41 Å². The summed E-state index contributed by atoms with van der Waals surface area (Å²) in [5, 5.41) is 37.2. The minimum absolute atomic E-state index is 0.0827. The molecule has 3 aromatic rings. The predicted molar refractivity (Wildman–Crippen MR) is 137 cm³/mol. The summed E-state index contributed by atoms with van der Waals surface area (Å²) >= 11 is 9.18. The molecule has 3 rings (SSSR count). The summed E-state index contributed by atoms with van der Waals surface area (Å²) in [7, 11) is 0. The summed E-state index contributed by atoms with van der Waals surface area (Å²) in [4.78, 5) is 0. The number of ether oxygens (including phenoxy) is 2. The Balaban J connectivity index is 1.61. The number of alkyl halides is 1. The number of rotatable bonds is 12. The van der Waals surface area contributed by atoms with Crippen molar-refractivity contribution in [2.24, 2.45) is 0 Å². The summed E-state index contributed by atoms with van der Waals surface area (Å²) in [5.41, 5.74) is 3.10. The second-order valence-corrected chi connectivity index (χ2v) is 10.0. The van der Waals surface area contributed by atoms with E-state index in [4.69, 9.17) is 21.1 Å². The monoisotopic (exact) mass is 567 g/mol. The Hall–Kier alpha value is -2.17. The van der Waals surface area contributed by atoms with Gasteiger partial charge in [-0.05, 0) is 58.2 Å². The van der Waals surface area contributed by atoms with Crippen molar-refractivity contribution in [3.63, 3.8) is 0 Å². The molecule has 0 radical (unpaired) electrons. The number of halogens is 2. The second kappa shape index (κ2) is 12.2. The van der Waals surface area contributed by atoms with Gasteiger partial charge in [0.25, 0.3) is 0 Å². The van der Waals surface area contributed by atoms with E-state index in [9.17, 15) is 15.3 Å². The fourth-order valence-corrected chi connectivity index (χ4v) is 4.16. The van der Waals surface area contributed by atoms with Crippen molar-refractivity contribution in [2.75, 3.05) is 19.1 Å². The molecule has 0 bridgehead atoms. The molecule has 0 saturated carbocycles. The minimum atomic E-state index is -0.804. The summed E-state index contributed by atoms with van der Waals surface area (Å²) in [6.07, 6.45) is -1.52. The normalized spacial score (nSPS) is 13.5. The molecule has 1 heterocycles. The van der Waals surface area contributed by atoms with Crippen LogP contribution in [-0.4, -0.2) is 61.6 Å². The van der Waals surface area contributed by atoms with Crippen LogP contribution < -0.4 is 9.47 Å². The Morgan fingerprint density at radius 2 is 1.69 bits per heavy atom. The summed E-state index contributed by atoms with van der Waals surface area (Å²) < 4.78 is 13.7. The number of aliphatic hydroxyl groups is 3. The molecule has 8 nitrogen and oxygen atoms in total. The smallest absolute Gasteiger partial charge is 0.133 e. The lowest BCUT2D eigenvalue weighted by Crippen LogP contribution is -2.25. The van der Waals surface area contributed by atoms with Gasteiger partial charge in [-0.15, -0.1) is 16.7 Å². The Morgan fingerprint density at radius 3 is 2.31 bits per heavy atom. The zero-order chi connectivity index (χ0) is 25.6. The van der Waals surface area contributed by atoms with Gasteiger partial charge in [0.1, 0.15) is 36.9 Å². The van der Waals surface area contributed by atoms with Crippen LogP contribution in [0.2, 0.25) is 0 Å². The van der Waals surface area contributed by atoms with Crippen molar-refractivity contribution in [1.29, 1.82) is 0 Å². The lowest BCUT2D eigenvalue weighted by Gasteiger charge is -2.27. The fourth-order valence-electron chi connectivity index (χ4n) is 3.58. The van der Waals surface area contributed by atoms with Crippen LogP contribution >= 0.6 is 27.5 Å². The third-order valence-corrected chi connectivity index (χ3v) is 6.82. The molecule has 0 spiro atoms. The van der Waals surface area contributed by atoms with Crippen LogP contribution in [-0.2, 0) is 18.6 Å². The van der Waals surface area contributed by atoms with Crippen LogP contribution in [0.25, 0.3) is 0 Å². The van der Waals surface area contributed by atoms with Crippen LogP contribution in [0.5, 0.6) is 11.5 Å². The van der Waals surface area contributed by atoms with Crippen molar-refractivity contribution < 1.29 is 24.8 Å². The highest BCUT2D eigenvalue weighted by molar-refractivity contribution is 9.10. The molecule has 35 heavy (non-hydrogen) atoms. The van der Waals surface area contributed by atoms with E-state index in [-0.39, 0.29) is 37.7 Å². The van der Waals surface area contributed by atoms with E-state index in [1.54, 1.807) is 6.92 Å². The molecule has 0 fully saturated rings. The number of hydrogen-bond donors (Lipinski definition) is 3. The van der Waals surface area contributed by atoms with Gasteiger partial charge >= 0.3 is 0 Å². The largest absolute Gasteiger partial charge is 0.491 e. The number of aryl methyl sites for hydroxylation is 1. The van der Waals surface area contributed by atoms with Crippen molar-refractivity contribution in [1.82, 2.24) is 15.0 Å². The van der Waals surface area contributed by atoms with Crippen LogP contribution in [0, 0.1) is 6.92 Å². The molecule has 190 valence electrons. The lowest BCUT2D eigenvalue weighted by atomic mass is 9.78. The van der Waals surface area contributed by atoms with Gasteiger partial charge in [-0.25, -0.2) is 4.68 Å². The van der Waals surface area contributed by atoms with Crippen LogP contribution in [0.4, 0.5) is 0 Å². The van der Waals surface area contributed by atoms with Crippen LogP contribution in [0.3, 0.4) is 0 Å². The van der Waals surface area contributed by atoms with Gasteiger partial charge in [0.05, 0.1) is 34.9 Å². The molecule has 2 unspecified atom stereocenters. The van der Waals surface area contributed by atoms with E-state index in [1.807, 2.05) is 42.5 Å². The maximum Gasteiger partial charge on any atom is 0.133 e. The zero-order valence-electron chi connectivity index (χ0n) is 20.0. The molecule has 10 heteroatoms. The topological polar surface area (TPSA) is 110 Å². The zero-order valence-corrected chi connectivity index (χ0v) is 22.3. The van der Waals surface area contributed by atoms with Gasteiger partial charge < -0.3 is 24.8 Å². The molecule has 3 N–H and O–H groups in total. The molecular weight excluding hydrogens is 538 g/mol. The molecule has 0 aliphatic rings. The third-order valence-electron chi connectivity index (χ3n) is 5.85. The summed E-state index contributed by atoms with van der Waals surface area (Å²) in [6.45, 7) is 6.22. The highest BCUT2D eigenvalue weighted by Crippen LogP contribution is 2.36. The Labute approximate surface area is 218 Å². The number of aromatic nitrogens is 3. The minimum Gasteiger partial charge on any atom is -0.491 e. The Kier molecular flexibility index (Phi) is 9.54. The second-order valence-electron chi connectivity index (χ2n) is 8.84. The number of benzene rings is 2. The van der Waals surface area contributed by atoms with E-state index in [2.05, 4.69) is 40.1 Å². The van der Waals surface area contributed by atoms with Crippen LogP contribution in [0.1, 0.15) is 36.4 Å². The number of nitrogens with zero attached hydrogens (tertiary/aromatic N) is 3. The highest BCUT2D eigenvalue weighted by atomic mass is 79.9. The van der Waals surface area contributed by atoms with Crippen molar-refractivity contribution in [3.05, 3.63) is 69.5 Å². The first-order valence-electron chi connectivity index (χ1n) is 11.2. The highest BCUT2D eigenvalue weighted by Gasteiger charge is 2.24. The maximum absolute atomic E-state index is 10.3. The van der Waals surface area contributed by atoms with Crippen molar-refractivity contribution in [3.8, 4) is 11.5 Å². The Morgan fingerprint density at radius 1 is 1.03 bits per heavy atom. The van der Waals surface area contributed by atoms with E-state index >= 15 is 0 Å². The quantitative estimate of drug-likeness (QED) is 0.287. The van der Waals surface area contributed by atoms with Gasteiger partial charge in [-0.3, -0.25) is 0 Å². The average molecular weight is 569 g/mol. The molecular formula is C25H31BrClN3O5. The standard InChI is InChI=1S/C25H31BrClN3O5/c1-16-23(13-31)30(29-28-16)12-20(33)15-34-21-7-4-17(5-8-21)25(2,3)18-6-9-24(22(26)10-18)35-14-19(32)11-27/h4-10,19-20,31-33H,11-15H2,1-3H3. The Bertz CT molecular complexity index is 1110. The van der Waals surface area contributed by atoms with Crippen molar-refractivity contribution in [2.45, 2.75) is 51.5 Å². The predicted octanol–water partition coefficient (Wildman–Crippen LogP) is 3.59. The van der Waals surface area contributed by atoms with Gasteiger partial charge in [0.15, 0.2) is 0 Å². The molecule has 1 aromatic heterocycles. The molecule has 0 amide bonds. The average Bonchev–Trinajstić information content (AvgIpc) is 3.20. The SMILES string of the molecule is Cc1nnn(CC(O)COc2ccc(C(C)(C)c3ccc(OCC(O)CCl)c(Br)c3)cc2)c1CO. The lowest BCUT2D eigenvalue weighted by molar-refractivity contribution is 0.0866. The first kappa shape index (κ1) is 27.4. The number of hydrogen-bond acceptors (Lipinski definition) is 7. The van der Waals surface area contributed by atoms with Gasteiger partial charge in [-0.1, -0.05) is 37.3 Å². The van der Waals surface area contributed by atoms with Gasteiger partial charge in [0.2, 0.25) is 0 Å². The van der Waals surface area contributed by atoms with Crippen LogP contribution in [0.15, 0.2) is 46.9 Å². The number of aliphatic hydroxyl groups excluding tert-OH is 3. The third kappa shape index (κ3) is 6.95. The van der Waals surface area contributed by atoms with Crippen molar-refractivity contribution >= 4 is 27.5 Å². The van der Waals surface area contributed by atoms with E-state index in [0.717, 1.165) is 15.6 Å². The molecule has 2 aromatic carbocycles. The van der Waals surface area contributed by atoms with E-state index < -0.39 is 12.2 Å². The van der Waals surface area contributed by atoms with Gasteiger partial charge in [-0.2, -0.15) is 0 Å². The molecule has 0 aliphatic heterocycles. The molecule has 0 aliphatic carbocycles. The molecule has 0 saturated heterocycles. The maximum atomic E-state index is 10.3. The summed E-state index contributed by atoms with van der Waals surface area (Å²) in [6, 6.07) is 13.6. The fraction of sp³-hybridized carbons (Fsp3) is 0.440. The molecule has 2 atom stereocenters. The van der Waals surface area contributed by atoms with E-state index in [1.165, 1.54) is 4.68 Å².